The van der Waals surface area contributed by atoms with Crippen molar-refractivity contribution in [1.82, 2.24) is 4.90 Å². The quantitative estimate of drug-likeness (QED) is 0.801. The van der Waals surface area contributed by atoms with Crippen LogP contribution in [-0.4, -0.2) is 29.9 Å². The lowest BCUT2D eigenvalue weighted by atomic mass is 10.2. The molecule has 0 aromatic heterocycles. The third-order valence-corrected chi connectivity index (χ3v) is 3.36. The largest absolute Gasteiger partial charge is 0.399 e. The van der Waals surface area contributed by atoms with Crippen molar-refractivity contribution in [3.8, 4) is 0 Å². The first-order valence-corrected chi connectivity index (χ1v) is 6.61. The van der Waals surface area contributed by atoms with E-state index in [9.17, 15) is 4.79 Å². The predicted molar refractivity (Wildman–Crippen MR) is 74.4 cm³/mol. The van der Waals surface area contributed by atoms with E-state index in [0.29, 0.717) is 5.69 Å². The lowest BCUT2D eigenvalue weighted by Gasteiger charge is -2.22. The van der Waals surface area contributed by atoms with Crippen LogP contribution in [0.3, 0.4) is 0 Å². The molecule has 1 aliphatic heterocycles. The molecule has 1 saturated heterocycles. The third kappa shape index (κ3) is 3.01. The molecule has 1 heterocycles. The zero-order valence-corrected chi connectivity index (χ0v) is 10.9. The molecule has 1 aliphatic rings. The summed E-state index contributed by atoms with van der Waals surface area (Å²) < 4.78 is 0. The maximum atomic E-state index is 12.2. The molecule has 18 heavy (non-hydrogen) atoms. The van der Waals surface area contributed by atoms with Crippen LogP contribution in [0.2, 0.25) is 0 Å². The van der Waals surface area contributed by atoms with Gasteiger partial charge in [0.1, 0.15) is 0 Å². The lowest BCUT2D eigenvalue weighted by Crippen LogP contribution is -2.39. The minimum absolute atomic E-state index is 0.0301. The van der Waals surface area contributed by atoms with Crippen LogP contribution in [0.5, 0.6) is 0 Å². The van der Waals surface area contributed by atoms with Crippen LogP contribution in [0.1, 0.15) is 26.2 Å². The molecule has 1 amide bonds. The number of nitrogens with one attached hydrogen (secondary N) is 1. The first kappa shape index (κ1) is 12.9. The predicted octanol–water partition coefficient (Wildman–Crippen LogP) is 2.08. The molecule has 0 aliphatic carbocycles. The number of hydrogen-bond donors (Lipinski definition) is 2. The topological polar surface area (TPSA) is 58.4 Å². The number of nitrogen functional groups attached to an aromatic ring is 1. The molecule has 4 nitrogen and oxygen atoms in total. The Hall–Kier alpha value is -1.55. The minimum Gasteiger partial charge on any atom is -0.399 e. The van der Waals surface area contributed by atoms with Gasteiger partial charge in [-0.2, -0.15) is 0 Å². The second-order valence-corrected chi connectivity index (χ2v) is 4.81. The van der Waals surface area contributed by atoms with Crippen molar-refractivity contribution in [3.05, 3.63) is 24.3 Å². The molecule has 1 fully saturated rings. The Kier molecular flexibility index (Phi) is 4.20. The summed E-state index contributed by atoms with van der Waals surface area (Å²) in [5.74, 6) is 0.103. The van der Waals surface area contributed by atoms with Crippen LogP contribution >= 0.6 is 0 Å². The molecule has 1 atom stereocenters. The number of rotatable bonds is 4. The van der Waals surface area contributed by atoms with E-state index < -0.39 is 0 Å². The van der Waals surface area contributed by atoms with E-state index in [1.807, 2.05) is 12.1 Å². The average Bonchev–Trinajstić information content (AvgIpc) is 2.81. The van der Waals surface area contributed by atoms with Crippen LogP contribution in [-0.2, 0) is 4.79 Å². The van der Waals surface area contributed by atoms with Crippen LogP contribution in [0.4, 0.5) is 11.4 Å². The Labute approximate surface area is 108 Å². The van der Waals surface area contributed by atoms with Gasteiger partial charge in [-0.25, -0.2) is 0 Å². The van der Waals surface area contributed by atoms with Gasteiger partial charge in [0.15, 0.2) is 0 Å². The fourth-order valence-electron chi connectivity index (χ4n) is 2.47. The molecule has 1 aromatic carbocycles. The van der Waals surface area contributed by atoms with Gasteiger partial charge >= 0.3 is 0 Å². The maximum absolute atomic E-state index is 12.2. The van der Waals surface area contributed by atoms with Crippen LogP contribution in [0, 0.1) is 0 Å². The van der Waals surface area contributed by atoms with E-state index in [4.69, 9.17) is 5.73 Å². The molecular formula is C14H21N3O. The molecule has 1 aromatic rings. The Balaban J connectivity index is 1.96. The van der Waals surface area contributed by atoms with Crippen LogP contribution < -0.4 is 11.1 Å². The Bertz CT molecular complexity index is 402. The maximum Gasteiger partial charge on any atom is 0.241 e. The van der Waals surface area contributed by atoms with E-state index in [-0.39, 0.29) is 11.9 Å². The summed E-state index contributed by atoms with van der Waals surface area (Å²) in [7, 11) is 0. The normalized spacial score (nSPS) is 19.9. The molecule has 2 rings (SSSR count). The number of likely N-dealkylation sites (tertiary alicyclic amines) is 1. The van der Waals surface area contributed by atoms with E-state index in [1.54, 1.807) is 12.1 Å². The van der Waals surface area contributed by atoms with Crippen molar-refractivity contribution in [1.29, 1.82) is 0 Å². The highest BCUT2D eigenvalue weighted by atomic mass is 16.2. The molecule has 4 heteroatoms. The van der Waals surface area contributed by atoms with Gasteiger partial charge in [-0.3, -0.25) is 9.69 Å². The van der Waals surface area contributed by atoms with Gasteiger partial charge in [0.25, 0.3) is 0 Å². The number of nitrogens with two attached hydrogens (primary N) is 1. The minimum atomic E-state index is 0.0301. The number of carbonyl (C=O) groups is 1. The first-order valence-electron chi connectivity index (χ1n) is 6.61. The first-order chi connectivity index (χ1) is 8.70. The molecule has 0 bridgehead atoms. The SMILES string of the molecule is CCCN1CCCC1C(=O)Nc1ccc(N)cc1. The third-order valence-electron chi connectivity index (χ3n) is 3.36. The van der Waals surface area contributed by atoms with Crippen molar-refractivity contribution >= 4 is 17.3 Å². The fraction of sp³-hybridized carbons (Fsp3) is 0.500. The van der Waals surface area contributed by atoms with Crippen molar-refractivity contribution in [2.24, 2.45) is 0 Å². The highest BCUT2D eigenvalue weighted by Crippen LogP contribution is 2.19. The number of hydrogen-bond acceptors (Lipinski definition) is 3. The number of amides is 1. The molecule has 0 spiro atoms. The van der Waals surface area contributed by atoms with Gasteiger partial charge in [0, 0.05) is 11.4 Å². The summed E-state index contributed by atoms with van der Waals surface area (Å²) in [6.07, 6.45) is 3.16. The Morgan fingerprint density at radius 1 is 1.44 bits per heavy atom. The zero-order valence-electron chi connectivity index (χ0n) is 10.9. The van der Waals surface area contributed by atoms with Crippen molar-refractivity contribution in [3.63, 3.8) is 0 Å². The number of carbonyl (C=O) groups excluding carboxylic acids is 1. The second kappa shape index (κ2) is 5.87. The van der Waals surface area contributed by atoms with Gasteiger partial charge in [0.2, 0.25) is 5.91 Å². The molecule has 3 N–H and O–H groups in total. The monoisotopic (exact) mass is 247 g/mol. The fourth-order valence-corrected chi connectivity index (χ4v) is 2.47. The molecule has 0 saturated carbocycles. The molecule has 0 radical (unpaired) electrons. The second-order valence-electron chi connectivity index (χ2n) is 4.81. The zero-order chi connectivity index (χ0) is 13.0. The van der Waals surface area contributed by atoms with Gasteiger partial charge in [-0.05, 0) is 56.6 Å². The highest BCUT2D eigenvalue weighted by Gasteiger charge is 2.29. The molecular weight excluding hydrogens is 226 g/mol. The summed E-state index contributed by atoms with van der Waals surface area (Å²) in [6, 6.07) is 7.31. The summed E-state index contributed by atoms with van der Waals surface area (Å²) >= 11 is 0. The van der Waals surface area contributed by atoms with Gasteiger partial charge in [0.05, 0.1) is 6.04 Å². The van der Waals surface area contributed by atoms with E-state index in [0.717, 1.165) is 38.0 Å². The van der Waals surface area contributed by atoms with Crippen molar-refractivity contribution in [2.45, 2.75) is 32.2 Å². The summed E-state index contributed by atoms with van der Waals surface area (Å²) in [6.45, 7) is 4.18. The standard InChI is InChI=1S/C14H21N3O/c1-2-9-17-10-3-4-13(17)14(18)16-12-7-5-11(15)6-8-12/h5-8,13H,2-4,9-10,15H2,1H3,(H,16,18). The van der Waals surface area contributed by atoms with Crippen molar-refractivity contribution in [2.75, 3.05) is 24.1 Å². The van der Waals surface area contributed by atoms with E-state index in [2.05, 4.69) is 17.1 Å². The Morgan fingerprint density at radius 3 is 2.83 bits per heavy atom. The van der Waals surface area contributed by atoms with E-state index >= 15 is 0 Å². The molecule has 98 valence electrons. The van der Waals surface area contributed by atoms with Gasteiger partial charge < -0.3 is 11.1 Å². The average molecular weight is 247 g/mol. The van der Waals surface area contributed by atoms with Gasteiger partial charge in [-0.1, -0.05) is 6.92 Å². The summed E-state index contributed by atoms with van der Waals surface area (Å²) in [5, 5.41) is 2.96. The highest BCUT2D eigenvalue weighted by molar-refractivity contribution is 5.95. The smallest absolute Gasteiger partial charge is 0.241 e. The summed E-state index contributed by atoms with van der Waals surface area (Å²) in [4.78, 5) is 14.5. The van der Waals surface area contributed by atoms with Gasteiger partial charge in [-0.15, -0.1) is 0 Å². The van der Waals surface area contributed by atoms with Crippen LogP contribution in [0.15, 0.2) is 24.3 Å². The molecule has 1 unspecified atom stereocenters. The lowest BCUT2D eigenvalue weighted by molar-refractivity contribution is -0.120. The number of benzene rings is 1. The Morgan fingerprint density at radius 2 is 2.17 bits per heavy atom. The van der Waals surface area contributed by atoms with Crippen LogP contribution in [0.25, 0.3) is 0 Å². The summed E-state index contributed by atoms with van der Waals surface area (Å²) in [5.41, 5.74) is 7.15. The number of anilines is 2. The number of nitrogens with zero attached hydrogens (tertiary/aromatic N) is 1. The van der Waals surface area contributed by atoms with Crippen molar-refractivity contribution < 1.29 is 4.79 Å². The van der Waals surface area contributed by atoms with E-state index in [1.165, 1.54) is 0 Å².